The van der Waals surface area contributed by atoms with Gasteiger partial charge in [0.1, 0.15) is 5.82 Å². The predicted molar refractivity (Wildman–Crippen MR) is 67.4 cm³/mol. The molecule has 1 aromatic heterocycles. The summed E-state index contributed by atoms with van der Waals surface area (Å²) in [4.78, 5) is 11.4. The fourth-order valence-electron chi connectivity index (χ4n) is 2.01. The van der Waals surface area contributed by atoms with Gasteiger partial charge in [-0.15, -0.1) is 0 Å². The summed E-state index contributed by atoms with van der Waals surface area (Å²) in [6.07, 6.45) is 2.40. The van der Waals surface area contributed by atoms with E-state index in [1.807, 2.05) is 0 Å². The van der Waals surface area contributed by atoms with E-state index in [9.17, 15) is 13.2 Å². The first-order chi connectivity index (χ1) is 9.03. The minimum absolute atomic E-state index is 0.219. The average Bonchev–Trinajstić information content (AvgIpc) is 2.90. The van der Waals surface area contributed by atoms with Gasteiger partial charge in [-0.3, -0.25) is 14.6 Å². The van der Waals surface area contributed by atoms with E-state index in [0.29, 0.717) is 31.7 Å². The highest BCUT2D eigenvalue weighted by Gasteiger charge is 2.31. The number of esters is 1. The first kappa shape index (κ1) is 13.8. The smallest absolute Gasteiger partial charge is 0.308 e. The van der Waals surface area contributed by atoms with Gasteiger partial charge in [0.15, 0.2) is 0 Å². The number of H-pyrrole nitrogens is 1. The summed E-state index contributed by atoms with van der Waals surface area (Å²) in [5.41, 5.74) is 0. The van der Waals surface area contributed by atoms with Gasteiger partial charge in [0.05, 0.1) is 19.2 Å². The van der Waals surface area contributed by atoms with E-state index in [4.69, 9.17) is 0 Å². The second-order valence-corrected chi connectivity index (χ2v) is 5.94. The Morgan fingerprint density at radius 1 is 1.53 bits per heavy atom. The van der Waals surface area contributed by atoms with Gasteiger partial charge in [0, 0.05) is 19.2 Å². The van der Waals surface area contributed by atoms with Crippen molar-refractivity contribution < 1.29 is 17.9 Å². The third-order valence-electron chi connectivity index (χ3n) is 3.07. The zero-order valence-corrected chi connectivity index (χ0v) is 11.3. The Kier molecular flexibility index (Phi) is 4.05. The van der Waals surface area contributed by atoms with E-state index < -0.39 is 10.2 Å². The number of ether oxygens (including phenoxy) is 1. The Morgan fingerprint density at radius 2 is 2.21 bits per heavy atom. The molecule has 19 heavy (non-hydrogen) atoms. The molecular formula is C10H16N4O4S. The topological polar surface area (TPSA) is 104 Å². The first-order valence-electron chi connectivity index (χ1n) is 5.88. The molecule has 0 amide bonds. The first-order valence-corrected chi connectivity index (χ1v) is 7.32. The molecule has 0 bridgehead atoms. The van der Waals surface area contributed by atoms with Crippen LogP contribution >= 0.6 is 0 Å². The maximum Gasteiger partial charge on any atom is 0.308 e. The van der Waals surface area contributed by atoms with Crippen molar-refractivity contribution in [3.05, 3.63) is 12.3 Å². The largest absolute Gasteiger partial charge is 0.469 e. The van der Waals surface area contributed by atoms with Crippen LogP contribution in [-0.2, 0) is 19.7 Å². The molecule has 1 aliphatic rings. The van der Waals surface area contributed by atoms with E-state index in [-0.39, 0.29) is 11.9 Å². The third-order valence-corrected chi connectivity index (χ3v) is 4.59. The number of anilines is 1. The van der Waals surface area contributed by atoms with Gasteiger partial charge in [0.25, 0.3) is 0 Å². The average molecular weight is 288 g/mol. The number of methoxy groups -OCH3 is 1. The van der Waals surface area contributed by atoms with Crippen LogP contribution in [0.1, 0.15) is 12.8 Å². The lowest BCUT2D eigenvalue weighted by Crippen LogP contribution is -2.43. The summed E-state index contributed by atoms with van der Waals surface area (Å²) < 4.78 is 32.5. The number of rotatable bonds is 4. The molecule has 2 rings (SSSR count). The van der Waals surface area contributed by atoms with Crippen LogP contribution in [0.25, 0.3) is 0 Å². The molecular weight excluding hydrogens is 272 g/mol. The van der Waals surface area contributed by atoms with Gasteiger partial charge in [-0.2, -0.15) is 17.8 Å². The standard InChI is InChI=1S/C10H16N4O4S/c1-18-10(15)8-3-6-14(7-4-8)19(16,17)13-9-2-5-11-12-9/h2,5,8H,3-4,6-7H2,1H3,(H2,11,12,13). The summed E-state index contributed by atoms with van der Waals surface area (Å²) in [7, 11) is -2.26. The molecule has 1 fully saturated rings. The molecule has 0 aliphatic carbocycles. The minimum Gasteiger partial charge on any atom is -0.469 e. The highest BCUT2D eigenvalue weighted by molar-refractivity contribution is 7.90. The van der Waals surface area contributed by atoms with Crippen LogP contribution in [0.2, 0.25) is 0 Å². The quantitative estimate of drug-likeness (QED) is 0.756. The van der Waals surface area contributed by atoms with Crippen molar-refractivity contribution in [3.8, 4) is 0 Å². The van der Waals surface area contributed by atoms with Crippen molar-refractivity contribution in [2.75, 3.05) is 24.9 Å². The molecule has 1 aliphatic heterocycles. The van der Waals surface area contributed by atoms with E-state index in [2.05, 4.69) is 19.7 Å². The van der Waals surface area contributed by atoms with Crippen LogP contribution in [0.5, 0.6) is 0 Å². The molecule has 9 heteroatoms. The van der Waals surface area contributed by atoms with E-state index in [1.54, 1.807) is 0 Å². The zero-order valence-electron chi connectivity index (χ0n) is 10.5. The molecule has 0 atom stereocenters. The number of nitrogens with one attached hydrogen (secondary N) is 2. The number of piperidine rings is 1. The molecule has 0 radical (unpaired) electrons. The number of carbonyl (C=O) groups is 1. The Labute approximate surface area is 111 Å². The monoisotopic (exact) mass is 288 g/mol. The van der Waals surface area contributed by atoms with Gasteiger partial charge >= 0.3 is 16.2 Å². The fourth-order valence-corrected chi connectivity index (χ4v) is 3.23. The van der Waals surface area contributed by atoms with Crippen molar-refractivity contribution in [2.45, 2.75) is 12.8 Å². The van der Waals surface area contributed by atoms with E-state index >= 15 is 0 Å². The van der Waals surface area contributed by atoms with E-state index in [0.717, 1.165) is 0 Å². The van der Waals surface area contributed by atoms with Crippen molar-refractivity contribution >= 4 is 22.0 Å². The summed E-state index contributed by atoms with van der Waals surface area (Å²) in [6, 6.07) is 1.53. The van der Waals surface area contributed by atoms with E-state index in [1.165, 1.54) is 23.7 Å². The van der Waals surface area contributed by atoms with Crippen molar-refractivity contribution in [3.63, 3.8) is 0 Å². The van der Waals surface area contributed by atoms with Gasteiger partial charge in [-0.05, 0) is 12.8 Å². The maximum atomic E-state index is 12.0. The summed E-state index contributed by atoms with van der Waals surface area (Å²) in [5, 5.41) is 6.19. The second kappa shape index (κ2) is 5.57. The number of hydrogen-bond donors (Lipinski definition) is 2. The summed E-state index contributed by atoms with van der Waals surface area (Å²) in [5.74, 6) is -0.183. The van der Waals surface area contributed by atoms with Gasteiger partial charge < -0.3 is 4.74 Å². The Balaban J connectivity index is 1.95. The third kappa shape index (κ3) is 3.24. The van der Waals surface area contributed by atoms with Crippen LogP contribution in [0.3, 0.4) is 0 Å². The van der Waals surface area contributed by atoms with Crippen LogP contribution in [-0.4, -0.2) is 49.1 Å². The molecule has 0 unspecified atom stereocenters. The van der Waals surface area contributed by atoms with Gasteiger partial charge in [-0.25, -0.2) is 0 Å². The van der Waals surface area contributed by atoms with Crippen LogP contribution in [0.15, 0.2) is 12.3 Å². The fraction of sp³-hybridized carbons (Fsp3) is 0.600. The predicted octanol–water partition coefficient (Wildman–Crippen LogP) is -0.0486. The van der Waals surface area contributed by atoms with Crippen LogP contribution in [0.4, 0.5) is 5.82 Å². The van der Waals surface area contributed by atoms with Crippen molar-refractivity contribution in [1.29, 1.82) is 0 Å². The number of nitrogens with zero attached hydrogens (tertiary/aromatic N) is 2. The second-order valence-electron chi connectivity index (χ2n) is 4.27. The van der Waals surface area contributed by atoms with Crippen molar-refractivity contribution in [2.24, 2.45) is 5.92 Å². The van der Waals surface area contributed by atoms with Crippen molar-refractivity contribution in [1.82, 2.24) is 14.5 Å². The molecule has 2 heterocycles. The highest BCUT2D eigenvalue weighted by Crippen LogP contribution is 2.21. The molecule has 1 aromatic rings. The Morgan fingerprint density at radius 3 is 2.74 bits per heavy atom. The molecule has 8 nitrogen and oxygen atoms in total. The molecule has 0 spiro atoms. The normalized spacial score (nSPS) is 18.2. The lowest BCUT2D eigenvalue weighted by Gasteiger charge is -2.29. The summed E-state index contributed by atoms with van der Waals surface area (Å²) in [6.45, 7) is 0.590. The molecule has 1 saturated heterocycles. The SMILES string of the molecule is COC(=O)C1CCN(S(=O)(=O)Nc2ccn[nH]2)CC1. The molecule has 106 valence electrons. The minimum atomic E-state index is -3.60. The number of hydrogen-bond acceptors (Lipinski definition) is 5. The van der Waals surface area contributed by atoms with Gasteiger partial charge in [0.2, 0.25) is 0 Å². The van der Waals surface area contributed by atoms with Crippen LogP contribution in [0, 0.1) is 5.92 Å². The molecule has 2 N–H and O–H groups in total. The molecule has 0 saturated carbocycles. The lowest BCUT2D eigenvalue weighted by atomic mass is 9.99. The number of carbonyl (C=O) groups excluding carboxylic acids is 1. The highest BCUT2D eigenvalue weighted by atomic mass is 32.2. The maximum absolute atomic E-state index is 12.0. The number of aromatic amines is 1. The van der Waals surface area contributed by atoms with Gasteiger partial charge in [-0.1, -0.05) is 0 Å². The summed E-state index contributed by atoms with van der Waals surface area (Å²) >= 11 is 0. The Hall–Kier alpha value is -1.61. The molecule has 0 aromatic carbocycles. The van der Waals surface area contributed by atoms with Crippen LogP contribution < -0.4 is 4.72 Å². The Bertz CT molecular complexity index is 520. The number of aromatic nitrogens is 2. The lowest BCUT2D eigenvalue weighted by molar-refractivity contribution is -0.146. The zero-order chi connectivity index (χ0) is 13.9.